The number of aryl methyl sites for hydroxylation is 1. The molecule has 0 spiro atoms. The van der Waals surface area contributed by atoms with Crippen LogP contribution in [0.15, 0.2) is 18.5 Å². The molecule has 1 rings (SSSR count). The van der Waals surface area contributed by atoms with E-state index in [1.54, 1.807) is 19.2 Å². The number of aromatic nitrogens is 1. The van der Waals surface area contributed by atoms with Gasteiger partial charge in [0, 0.05) is 6.20 Å². The number of esters is 1. The second-order valence-corrected chi connectivity index (χ2v) is 2.87. The number of nitrogens with one attached hydrogen (secondary N) is 1. The van der Waals surface area contributed by atoms with Gasteiger partial charge in [-0.3, -0.25) is 9.78 Å². The molecule has 5 heteroatoms. The molecule has 1 N–H and O–H groups in total. The highest BCUT2D eigenvalue weighted by atomic mass is 16.5. The average Bonchev–Trinajstić information content (AvgIpc) is 2.21. The zero-order valence-electron chi connectivity index (χ0n) is 8.61. The van der Waals surface area contributed by atoms with Gasteiger partial charge in [0.15, 0.2) is 0 Å². The molecular formula is C10H12N2O3. The Hall–Kier alpha value is -1.91. The summed E-state index contributed by atoms with van der Waals surface area (Å²) in [4.78, 5) is 26.1. The van der Waals surface area contributed by atoms with Crippen LogP contribution in [0.3, 0.4) is 0 Å². The zero-order chi connectivity index (χ0) is 11.3. The Morgan fingerprint density at radius 3 is 2.87 bits per heavy atom. The fraction of sp³-hybridized carbons (Fsp3) is 0.300. The van der Waals surface area contributed by atoms with E-state index < -0.39 is 11.9 Å². The van der Waals surface area contributed by atoms with E-state index in [1.807, 2.05) is 6.92 Å². The van der Waals surface area contributed by atoms with E-state index in [0.29, 0.717) is 5.69 Å². The predicted octanol–water partition coefficient (Wildman–Crippen LogP) is 0.892. The molecule has 0 bridgehead atoms. The van der Waals surface area contributed by atoms with Crippen LogP contribution >= 0.6 is 0 Å². The number of pyridine rings is 1. The van der Waals surface area contributed by atoms with Gasteiger partial charge in [-0.25, -0.2) is 4.79 Å². The lowest BCUT2D eigenvalue weighted by Crippen LogP contribution is -2.25. The normalized spacial score (nSPS) is 9.47. The lowest BCUT2D eigenvalue weighted by molar-refractivity contribution is -0.152. The monoisotopic (exact) mass is 208 g/mol. The van der Waals surface area contributed by atoms with Gasteiger partial charge in [-0.2, -0.15) is 0 Å². The Morgan fingerprint density at radius 1 is 1.53 bits per heavy atom. The minimum absolute atomic E-state index is 0.179. The van der Waals surface area contributed by atoms with Crippen molar-refractivity contribution in [1.29, 1.82) is 0 Å². The Morgan fingerprint density at radius 2 is 2.27 bits per heavy atom. The number of nitrogens with zero attached hydrogens (tertiary/aromatic N) is 1. The molecule has 1 aromatic heterocycles. The molecule has 0 aromatic carbocycles. The molecule has 0 fully saturated rings. The highest BCUT2D eigenvalue weighted by Crippen LogP contribution is 2.10. The molecule has 0 aliphatic carbocycles. The second kappa shape index (κ2) is 5.09. The molecular weight excluding hydrogens is 196 g/mol. The zero-order valence-corrected chi connectivity index (χ0v) is 8.61. The number of carbonyl (C=O) groups is 2. The summed E-state index contributed by atoms with van der Waals surface area (Å²) in [6, 6.07) is 1.74. The summed E-state index contributed by atoms with van der Waals surface area (Å²) in [6.45, 7) is 3.63. The molecule has 1 heterocycles. The first-order chi connectivity index (χ1) is 7.15. The van der Waals surface area contributed by atoms with Gasteiger partial charge < -0.3 is 10.1 Å². The van der Waals surface area contributed by atoms with Crippen molar-refractivity contribution in [2.24, 2.45) is 0 Å². The summed E-state index contributed by atoms with van der Waals surface area (Å²) in [5, 5.41) is 2.42. The van der Waals surface area contributed by atoms with Crippen LogP contribution in [-0.2, 0) is 14.3 Å². The van der Waals surface area contributed by atoms with Gasteiger partial charge in [-0.15, -0.1) is 0 Å². The van der Waals surface area contributed by atoms with Crippen LogP contribution in [0.2, 0.25) is 0 Å². The van der Waals surface area contributed by atoms with Gasteiger partial charge in [0.25, 0.3) is 0 Å². The Bertz CT molecular complexity index is 377. The lowest BCUT2D eigenvalue weighted by atomic mass is 10.2. The summed E-state index contributed by atoms with van der Waals surface area (Å²) in [5.41, 5.74) is 1.35. The first-order valence-corrected chi connectivity index (χ1v) is 4.54. The van der Waals surface area contributed by atoms with E-state index >= 15 is 0 Å². The molecule has 0 aliphatic heterocycles. The topological polar surface area (TPSA) is 68.3 Å². The molecule has 5 nitrogen and oxygen atoms in total. The fourth-order valence-electron chi connectivity index (χ4n) is 0.965. The number of amides is 1. The largest absolute Gasteiger partial charge is 0.459 e. The maximum Gasteiger partial charge on any atom is 0.397 e. The van der Waals surface area contributed by atoms with Crippen LogP contribution in [0.25, 0.3) is 0 Å². The van der Waals surface area contributed by atoms with Crippen molar-refractivity contribution in [1.82, 2.24) is 4.98 Å². The maximum absolute atomic E-state index is 11.2. The van der Waals surface area contributed by atoms with Gasteiger partial charge in [0.2, 0.25) is 0 Å². The van der Waals surface area contributed by atoms with E-state index in [2.05, 4.69) is 15.0 Å². The first-order valence-electron chi connectivity index (χ1n) is 4.54. The second-order valence-electron chi connectivity index (χ2n) is 2.87. The molecule has 0 unspecified atom stereocenters. The summed E-state index contributed by atoms with van der Waals surface area (Å²) < 4.78 is 4.54. The molecule has 0 aliphatic rings. The standard InChI is InChI=1S/C10H12N2O3/c1-3-15-10(14)9(13)12-8-6-11-5-4-7(8)2/h4-6H,3H2,1-2H3,(H,12,13). The predicted molar refractivity (Wildman–Crippen MR) is 54.2 cm³/mol. The van der Waals surface area contributed by atoms with Crippen molar-refractivity contribution in [2.45, 2.75) is 13.8 Å². The van der Waals surface area contributed by atoms with E-state index in [4.69, 9.17) is 0 Å². The molecule has 0 saturated heterocycles. The van der Waals surface area contributed by atoms with Gasteiger partial charge in [-0.05, 0) is 25.5 Å². The summed E-state index contributed by atoms with van der Waals surface area (Å²) >= 11 is 0. The van der Waals surface area contributed by atoms with Crippen LogP contribution in [0.4, 0.5) is 5.69 Å². The molecule has 80 valence electrons. The van der Waals surface area contributed by atoms with Crippen molar-refractivity contribution in [3.05, 3.63) is 24.0 Å². The summed E-state index contributed by atoms with van der Waals surface area (Å²) in [6.07, 6.45) is 3.09. The van der Waals surface area contributed by atoms with Crippen LogP contribution < -0.4 is 5.32 Å². The minimum atomic E-state index is -0.888. The van der Waals surface area contributed by atoms with Crippen LogP contribution in [0.1, 0.15) is 12.5 Å². The fourth-order valence-corrected chi connectivity index (χ4v) is 0.965. The van der Waals surface area contributed by atoms with E-state index in [0.717, 1.165) is 5.56 Å². The third-order valence-corrected chi connectivity index (χ3v) is 1.75. The number of carbonyl (C=O) groups excluding carboxylic acids is 2. The lowest BCUT2D eigenvalue weighted by Gasteiger charge is -2.06. The van der Waals surface area contributed by atoms with Gasteiger partial charge in [0.1, 0.15) is 0 Å². The first kappa shape index (κ1) is 11.2. The third-order valence-electron chi connectivity index (χ3n) is 1.75. The molecule has 1 aromatic rings. The number of rotatable bonds is 2. The Balaban J connectivity index is 2.67. The van der Waals surface area contributed by atoms with E-state index in [-0.39, 0.29) is 6.61 Å². The van der Waals surface area contributed by atoms with Crippen molar-refractivity contribution in [3.8, 4) is 0 Å². The minimum Gasteiger partial charge on any atom is -0.459 e. The van der Waals surface area contributed by atoms with Gasteiger partial charge in [-0.1, -0.05) is 0 Å². The van der Waals surface area contributed by atoms with Crippen molar-refractivity contribution < 1.29 is 14.3 Å². The quantitative estimate of drug-likeness (QED) is 0.579. The van der Waals surface area contributed by atoms with Crippen LogP contribution in [-0.4, -0.2) is 23.5 Å². The van der Waals surface area contributed by atoms with Crippen molar-refractivity contribution >= 4 is 17.6 Å². The van der Waals surface area contributed by atoms with Gasteiger partial charge in [0.05, 0.1) is 18.5 Å². The Labute approximate surface area is 87.5 Å². The molecule has 0 radical (unpaired) electrons. The van der Waals surface area contributed by atoms with E-state index in [1.165, 1.54) is 6.20 Å². The van der Waals surface area contributed by atoms with Crippen LogP contribution in [0, 0.1) is 6.92 Å². The number of hydrogen-bond donors (Lipinski definition) is 1. The third kappa shape index (κ3) is 3.05. The molecule has 0 saturated carbocycles. The summed E-state index contributed by atoms with van der Waals surface area (Å²) in [5.74, 6) is -1.67. The maximum atomic E-state index is 11.2. The average molecular weight is 208 g/mol. The van der Waals surface area contributed by atoms with Crippen molar-refractivity contribution in [3.63, 3.8) is 0 Å². The molecule has 15 heavy (non-hydrogen) atoms. The number of hydrogen-bond acceptors (Lipinski definition) is 4. The number of ether oxygens (including phenoxy) is 1. The SMILES string of the molecule is CCOC(=O)C(=O)Nc1cnccc1C. The summed E-state index contributed by atoms with van der Waals surface area (Å²) in [7, 11) is 0. The molecule has 1 amide bonds. The van der Waals surface area contributed by atoms with E-state index in [9.17, 15) is 9.59 Å². The molecule has 0 atom stereocenters. The number of anilines is 1. The van der Waals surface area contributed by atoms with Gasteiger partial charge >= 0.3 is 11.9 Å². The van der Waals surface area contributed by atoms with Crippen molar-refractivity contribution in [2.75, 3.05) is 11.9 Å². The smallest absolute Gasteiger partial charge is 0.397 e. The Kier molecular flexibility index (Phi) is 3.79. The highest BCUT2D eigenvalue weighted by Gasteiger charge is 2.15. The van der Waals surface area contributed by atoms with Crippen LogP contribution in [0.5, 0.6) is 0 Å². The highest BCUT2D eigenvalue weighted by molar-refractivity contribution is 6.37.